The van der Waals surface area contributed by atoms with Crippen LogP contribution >= 0.6 is 11.3 Å². The lowest BCUT2D eigenvalue weighted by atomic mass is 10.1. The van der Waals surface area contributed by atoms with Crippen LogP contribution in [0.2, 0.25) is 0 Å². The first-order chi connectivity index (χ1) is 13.9. The Kier molecular flexibility index (Phi) is 4.82. The monoisotopic (exact) mass is 403 g/mol. The van der Waals surface area contributed by atoms with Crippen molar-refractivity contribution in [1.82, 2.24) is 4.98 Å². The van der Waals surface area contributed by atoms with Crippen LogP contribution in [0.1, 0.15) is 21.5 Å². The van der Waals surface area contributed by atoms with Crippen molar-refractivity contribution in [3.8, 4) is 10.6 Å². The zero-order chi connectivity index (χ0) is 20.5. The molecule has 6 nitrogen and oxygen atoms in total. The van der Waals surface area contributed by atoms with Gasteiger partial charge < -0.3 is 5.32 Å². The molecule has 0 saturated carbocycles. The molecule has 1 N–H and O–H groups in total. The Morgan fingerprint density at radius 3 is 2.62 bits per heavy atom. The summed E-state index contributed by atoms with van der Waals surface area (Å²) < 4.78 is 1.10. The lowest BCUT2D eigenvalue weighted by Crippen LogP contribution is -2.13. The molecule has 4 aromatic rings. The Labute approximate surface area is 171 Å². The molecule has 0 spiro atoms. The first-order valence-corrected chi connectivity index (χ1v) is 9.77. The van der Waals surface area contributed by atoms with Crippen LogP contribution in [0.4, 0.5) is 11.4 Å². The van der Waals surface area contributed by atoms with Gasteiger partial charge in [0.1, 0.15) is 5.01 Å². The van der Waals surface area contributed by atoms with Crippen molar-refractivity contribution < 1.29 is 9.72 Å². The summed E-state index contributed by atoms with van der Waals surface area (Å²) in [6, 6.07) is 18.1. The second kappa shape index (κ2) is 7.44. The van der Waals surface area contributed by atoms with Crippen LogP contribution in [0.25, 0.3) is 20.8 Å². The van der Waals surface area contributed by atoms with Crippen molar-refractivity contribution in [3.63, 3.8) is 0 Å². The first kappa shape index (κ1) is 18.8. The number of carbonyl (C=O) groups is 1. The van der Waals surface area contributed by atoms with Crippen molar-refractivity contribution >= 4 is 38.8 Å². The van der Waals surface area contributed by atoms with E-state index >= 15 is 0 Å². The van der Waals surface area contributed by atoms with Crippen LogP contribution < -0.4 is 5.32 Å². The number of hydrogen-bond donors (Lipinski definition) is 1. The number of fused-ring (bicyclic) bond motifs is 1. The summed E-state index contributed by atoms with van der Waals surface area (Å²) in [5, 5.41) is 14.9. The van der Waals surface area contributed by atoms with Gasteiger partial charge in [0.05, 0.1) is 15.1 Å². The maximum atomic E-state index is 12.7. The van der Waals surface area contributed by atoms with Crippen LogP contribution in [0.5, 0.6) is 0 Å². The van der Waals surface area contributed by atoms with E-state index in [0.29, 0.717) is 11.3 Å². The number of aryl methyl sites for hydroxylation is 1. The standard InChI is InChI=1S/C22H17N3O3S/c1-13-10-11-15(12-19(13)25(27)28)21(26)23-17-8-5-6-16(14(17)2)22-24-18-7-3-4-9-20(18)29-22/h3-12H,1-2H3,(H,23,26). The van der Waals surface area contributed by atoms with Gasteiger partial charge in [-0.1, -0.05) is 30.3 Å². The van der Waals surface area contributed by atoms with E-state index in [2.05, 4.69) is 5.32 Å². The highest BCUT2D eigenvalue weighted by Crippen LogP contribution is 2.34. The molecule has 0 aliphatic heterocycles. The van der Waals surface area contributed by atoms with Crippen molar-refractivity contribution in [2.75, 3.05) is 5.32 Å². The number of anilines is 1. The smallest absolute Gasteiger partial charge is 0.273 e. The molecule has 0 aliphatic rings. The highest BCUT2D eigenvalue weighted by molar-refractivity contribution is 7.21. The fourth-order valence-electron chi connectivity index (χ4n) is 3.13. The van der Waals surface area contributed by atoms with Crippen LogP contribution in [-0.4, -0.2) is 15.8 Å². The van der Waals surface area contributed by atoms with Gasteiger partial charge in [-0.05, 0) is 43.7 Å². The van der Waals surface area contributed by atoms with E-state index in [0.717, 1.165) is 26.4 Å². The summed E-state index contributed by atoms with van der Waals surface area (Å²) in [6.45, 7) is 3.57. The van der Waals surface area contributed by atoms with Gasteiger partial charge in [0, 0.05) is 28.4 Å². The number of carbonyl (C=O) groups excluding carboxylic acids is 1. The summed E-state index contributed by atoms with van der Waals surface area (Å²) in [6.07, 6.45) is 0. The quantitative estimate of drug-likeness (QED) is 0.348. The third-order valence-electron chi connectivity index (χ3n) is 4.77. The summed E-state index contributed by atoms with van der Waals surface area (Å²) in [4.78, 5) is 28.1. The number of para-hydroxylation sites is 1. The Balaban J connectivity index is 1.66. The van der Waals surface area contributed by atoms with E-state index in [4.69, 9.17) is 4.98 Å². The van der Waals surface area contributed by atoms with Gasteiger partial charge in [0.15, 0.2) is 0 Å². The topological polar surface area (TPSA) is 85.1 Å². The van der Waals surface area contributed by atoms with Gasteiger partial charge in [-0.25, -0.2) is 4.98 Å². The van der Waals surface area contributed by atoms with E-state index in [1.807, 2.05) is 49.4 Å². The largest absolute Gasteiger partial charge is 0.322 e. The highest BCUT2D eigenvalue weighted by Gasteiger charge is 2.17. The maximum Gasteiger partial charge on any atom is 0.273 e. The molecule has 0 atom stereocenters. The summed E-state index contributed by atoms with van der Waals surface area (Å²) in [5.41, 5.74) is 4.11. The minimum absolute atomic E-state index is 0.0717. The maximum absolute atomic E-state index is 12.7. The number of nitrogens with zero attached hydrogens (tertiary/aromatic N) is 2. The van der Waals surface area contributed by atoms with Crippen LogP contribution in [-0.2, 0) is 0 Å². The number of thiazole rings is 1. The predicted octanol–water partition coefficient (Wildman–Crippen LogP) is 5.74. The second-order valence-electron chi connectivity index (χ2n) is 6.68. The van der Waals surface area contributed by atoms with Crippen LogP contribution in [0.15, 0.2) is 60.7 Å². The molecule has 1 heterocycles. The number of nitrogens with one attached hydrogen (secondary N) is 1. The molecular formula is C22H17N3O3S. The Morgan fingerprint density at radius 2 is 1.86 bits per heavy atom. The Morgan fingerprint density at radius 1 is 1.07 bits per heavy atom. The molecule has 7 heteroatoms. The highest BCUT2D eigenvalue weighted by atomic mass is 32.1. The third kappa shape index (κ3) is 3.60. The van der Waals surface area contributed by atoms with Gasteiger partial charge >= 0.3 is 0 Å². The van der Waals surface area contributed by atoms with Crippen molar-refractivity contribution in [2.24, 2.45) is 0 Å². The molecule has 0 unspecified atom stereocenters. The minimum Gasteiger partial charge on any atom is -0.322 e. The van der Waals surface area contributed by atoms with Crippen LogP contribution in [0.3, 0.4) is 0 Å². The minimum atomic E-state index is -0.481. The molecule has 0 bridgehead atoms. The molecular weight excluding hydrogens is 386 g/mol. The lowest BCUT2D eigenvalue weighted by Gasteiger charge is -2.11. The number of benzene rings is 3. The molecule has 0 aliphatic carbocycles. The van der Waals surface area contributed by atoms with Gasteiger partial charge in [-0.15, -0.1) is 11.3 Å². The number of nitro benzene ring substituents is 1. The molecule has 29 heavy (non-hydrogen) atoms. The average Bonchev–Trinajstić information content (AvgIpc) is 3.13. The molecule has 1 aromatic heterocycles. The zero-order valence-electron chi connectivity index (χ0n) is 15.8. The Bertz CT molecular complexity index is 1230. The molecule has 0 saturated heterocycles. The van der Waals surface area contributed by atoms with Crippen LogP contribution in [0, 0.1) is 24.0 Å². The summed E-state index contributed by atoms with van der Waals surface area (Å²) in [7, 11) is 0. The van der Waals surface area contributed by atoms with E-state index in [1.165, 1.54) is 6.07 Å². The van der Waals surface area contributed by atoms with Gasteiger partial charge in [-0.3, -0.25) is 14.9 Å². The van der Waals surface area contributed by atoms with Crippen molar-refractivity contribution in [3.05, 3.63) is 87.5 Å². The first-order valence-electron chi connectivity index (χ1n) is 8.96. The van der Waals surface area contributed by atoms with Gasteiger partial charge in [0.25, 0.3) is 11.6 Å². The SMILES string of the molecule is Cc1ccc(C(=O)Nc2cccc(-c3nc4ccccc4s3)c2C)cc1[N+](=O)[O-]. The molecule has 144 valence electrons. The molecule has 4 rings (SSSR count). The summed E-state index contributed by atoms with van der Waals surface area (Å²) >= 11 is 1.60. The van der Waals surface area contributed by atoms with E-state index in [1.54, 1.807) is 30.4 Å². The lowest BCUT2D eigenvalue weighted by molar-refractivity contribution is -0.385. The number of amides is 1. The normalized spacial score (nSPS) is 10.8. The molecule has 0 radical (unpaired) electrons. The van der Waals surface area contributed by atoms with Crippen molar-refractivity contribution in [1.29, 1.82) is 0 Å². The number of aromatic nitrogens is 1. The number of hydrogen-bond acceptors (Lipinski definition) is 5. The second-order valence-corrected chi connectivity index (χ2v) is 7.71. The average molecular weight is 403 g/mol. The molecule has 0 fully saturated rings. The zero-order valence-corrected chi connectivity index (χ0v) is 16.6. The van der Waals surface area contributed by atoms with Gasteiger partial charge in [0.2, 0.25) is 0 Å². The molecule has 3 aromatic carbocycles. The number of rotatable bonds is 4. The van der Waals surface area contributed by atoms with Gasteiger partial charge in [-0.2, -0.15) is 0 Å². The Hall–Kier alpha value is -3.58. The van der Waals surface area contributed by atoms with E-state index in [9.17, 15) is 14.9 Å². The third-order valence-corrected chi connectivity index (χ3v) is 5.84. The fraction of sp³-hybridized carbons (Fsp3) is 0.0909. The van der Waals surface area contributed by atoms with E-state index in [-0.39, 0.29) is 11.3 Å². The fourth-order valence-corrected chi connectivity index (χ4v) is 4.18. The number of nitro groups is 1. The van der Waals surface area contributed by atoms with E-state index < -0.39 is 10.8 Å². The van der Waals surface area contributed by atoms with Crippen molar-refractivity contribution in [2.45, 2.75) is 13.8 Å². The summed E-state index contributed by atoms with van der Waals surface area (Å²) in [5.74, 6) is -0.391. The predicted molar refractivity (Wildman–Crippen MR) is 116 cm³/mol. The molecule has 1 amide bonds.